The number of esters is 1. The zero-order valence-corrected chi connectivity index (χ0v) is 11.9. The largest absolute Gasteiger partial charge is 0.495 e. The molecular formula is C15H19NO4. The first-order valence-electron chi connectivity index (χ1n) is 6.67. The Morgan fingerprint density at radius 1 is 1.35 bits per heavy atom. The monoisotopic (exact) mass is 277 g/mol. The van der Waals surface area contributed by atoms with Gasteiger partial charge in [0.15, 0.2) is 6.10 Å². The van der Waals surface area contributed by atoms with E-state index in [1.807, 2.05) is 13.0 Å². The smallest absolute Gasteiger partial charge is 0.309 e. The average Bonchev–Trinajstić information content (AvgIpc) is 3.16. The van der Waals surface area contributed by atoms with Crippen molar-refractivity contribution in [3.63, 3.8) is 0 Å². The lowest BCUT2D eigenvalue weighted by molar-refractivity contribution is -0.154. The summed E-state index contributed by atoms with van der Waals surface area (Å²) in [5.41, 5.74) is 0.558. The molecular weight excluding hydrogens is 258 g/mol. The Morgan fingerprint density at radius 3 is 2.60 bits per heavy atom. The van der Waals surface area contributed by atoms with E-state index in [1.165, 1.54) is 7.11 Å². The topological polar surface area (TPSA) is 64.6 Å². The average molecular weight is 277 g/mol. The second-order valence-corrected chi connectivity index (χ2v) is 5.09. The summed E-state index contributed by atoms with van der Waals surface area (Å²) in [6.07, 6.45) is 0.0277. The predicted octanol–water partition coefficient (Wildman–Crippen LogP) is 2.22. The van der Waals surface area contributed by atoms with Gasteiger partial charge >= 0.3 is 5.97 Å². The van der Waals surface area contributed by atoms with E-state index in [0.29, 0.717) is 17.4 Å². The highest BCUT2D eigenvalue weighted by molar-refractivity contribution is 5.96. The number of rotatable bonds is 5. The van der Waals surface area contributed by atoms with Crippen LogP contribution in [0.1, 0.15) is 20.3 Å². The molecule has 0 unspecified atom stereocenters. The van der Waals surface area contributed by atoms with Gasteiger partial charge in [-0.2, -0.15) is 0 Å². The van der Waals surface area contributed by atoms with E-state index in [9.17, 15) is 9.59 Å². The minimum absolute atomic E-state index is 0.0449. The fraction of sp³-hybridized carbons (Fsp3) is 0.467. The molecule has 5 nitrogen and oxygen atoms in total. The summed E-state index contributed by atoms with van der Waals surface area (Å²) < 4.78 is 10.3. The Balaban J connectivity index is 1.92. The molecule has 5 heteroatoms. The lowest BCUT2D eigenvalue weighted by Gasteiger charge is -2.15. The number of methoxy groups -OCH3 is 1. The van der Waals surface area contributed by atoms with Crippen LogP contribution in [0.5, 0.6) is 5.75 Å². The van der Waals surface area contributed by atoms with Gasteiger partial charge in [0.25, 0.3) is 5.91 Å². The number of hydrogen-bond acceptors (Lipinski definition) is 4. The summed E-state index contributed by atoms with van der Waals surface area (Å²) in [6.45, 7) is 3.56. The van der Waals surface area contributed by atoms with E-state index >= 15 is 0 Å². The van der Waals surface area contributed by atoms with E-state index in [0.717, 1.165) is 6.42 Å². The lowest BCUT2D eigenvalue weighted by atomic mass is 10.2. The van der Waals surface area contributed by atoms with Crippen molar-refractivity contribution >= 4 is 17.6 Å². The molecule has 0 spiro atoms. The zero-order chi connectivity index (χ0) is 14.7. The molecule has 0 aliphatic heterocycles. The highest BCUT2D eigenvalue weighted by Crippen LogP contribution is 2.38. The molecule has 108 valence electrons. The maximum Gasteiger partial charge on any atom is 0.309 e. The van der Waals surface area contributed by atoms with Gasteiger partial charge in [0.2, 0.25) is 0 Å². The summed E-state index contributed by atoms with van der Waals surface area (Å²) in [5.74, 6) is 0.231. The summed E-state index contributed by atoms with van der Waals surface area (Å²) >= 11 is 0. The van der Waals surface area contributed by atoms with E-state index in [2.05, 4.69) is 5.32 Å². The Bertz CT molecular complexity index is 514. The maximum absolute atomic E-state index is 12.0. The van der Waals surface area contributed by atoms with Gasteiger partial charge in [0.1, 0.15) is 5.75 Å². The third kappa shape index (κ3) is 3.29. The van der Waals surface area contributed by atoms with Crippen LogP contribution in [-0.4, -0.2) is 25.1 Å². The number of ether oxygens (including phenoxy) is 2. The van der Waals surface area contributed by atoms with Crippen molar-refractivity contribution < 1.29 is 19.1 Å². The normalized spacial score (nSPS) is 21.8. The molecule has 0 saturated heterocycles. The van der Waals surface area contributed by atoms with Gasteiger partial charge in [-0.05, 0) is 31.4 Å². The molecule has 1 amide bonds. The molecule has 0 heterocycles. The Labute approximate surface area is 118 Å². The first kappa shape index (κ1) is 14.4. The molecule has 0 radical (unpaired) electrons. The second-order valence-electron chi connectivity index (χ2n) is 5.09. The number of carbonyl (C=O) groups excluding carboxylic acids is 2. The molecule has 1 saturated carbocycles. The zero-order valence-electron chi connectivity index (χ0n) is 11.9. The minimum Gasteiger partial charge on any atom is -0.495 e. The number of anilines is 1. The maximum atomic E-state index is 12.0. The number of amides is 1. The van der Waals surface area contributed by atoms with E-state index in [-0.39, 0.29) is 17.8 Å². The van der Waals surface area contributed by atoms with Crippen LogP contribution in [0.25, 0.3) is 0 Å². The molecule has 1 aromatic carbocycles. The molecule has 1 aromatic rings. The number of nitrogens with one attached hydrogen (secondary N) is 1. The predicted molar refractivity (Wildman–Crippen MR) is 74.4 cm³/mol. The standard InChI is InChI=1S/C15H19NO4/c1-9-8-11(9)15(18)20-10(2)14(17)16-12-6-4-5-7-13(12)19-3/h4-7,9-11H,8H2,1-3H3,(H,16,17)/t9-,10-,11-/m0/s1. The summed E-state index contributed by atoms with van der Waals surface area (Å²) in [4.78, 5) is 23.7. The van der Waals surface area contributed by atoms with Gasteiger partial charge in [-0.25, -0.2) is 0 Å². The molecule has 0 aromatic heterocycles. The molecule has 1 fully saturated rings. The lowest BCUT2D eigenvalue weighted by Crippen LogP contribution is -2.30. The quantitative estimate of drug-likeness (QED) is 0.838. The molecule has 3 atom stereocenters. The van der Waals surface area contributed by atoms with Crippen molar-refractivity contribution in [2.75, 3.05) is 12.4 Å². The van der Waals surface area contributed by atoms with Crippen molar-refractivity contribution in [2.45, 2.75) is 26.4 Å². The molecule has 1 aliphatic carbocycles. The first-order valence-corrected chi connectivity index (χ1v) is 6.67. The van der Waals surface area contributed by atoms with Crippen molar-refractivity contribution in [1.82, 2.24) is 0 Å². The van der Waals surface area contributed by atoms with Crippen LogP contribution in [-0.2, 0) is 14.3 Å². The number of benzene rings is 1. The SMILES string of the molecule is COc1ccccc1NC(=O)[C@H](C)OC(=O)[C@H]1C[C@@H]1C. The second kappa shape index (κ2) is 5.94. The van der Waals surface area contributed by atoms with Gasteiger partial charge in [-0.1, -0.05) is 19.1 Å². The molecule has 2 rings (SSSR count). The third-order valence-electron chi connectivity index (χ3n) is 3.44. The molecule has 0 bridgehead atoms. The van der Waals surface area contributed by atoms with Crippen molar-refractivity contribution in [3.05, 3.63) is 24.3 Å². The molecule has 1 N–H and O–H groups in total. The number of hydrogen-bond donors (Lipinski definition) is 1. The molecule has 20 heavy (non-hydrogen) atoms. The third-order valence-corrected chi connectivity index (χ3v) is 3.44. The van der Waals surface area contributed by atoms with Crippen molar-refractivity contribution in [1.29, 1.82) is 0 Å². The fourth-order valence-electron chi connectivity index (χ4n) is 1.95. The summed E-state index contributed by atoms with van der Waals surface area (Å²) in [7, 11) is 1.53. The van der Waals surface area contributed by atoms with Gasteiger partial charge in [0, 0.05) is 0 Å². The summed E-state index contributed by atoms with van der Waals surface area (Å²) in [5, 5.41) is 2.70. The highest BCUT2D eigenvalue weighted by Gasteiger charge is 2.41. The molecule has 1 aliphatic rings. The number of para-hydroxylation sites is 2. The van der Waals surface area contributed by atoms with Crippen LogP contribution >= 0.6 is 0 Å². The first-order chi connectivity index (χ1) is 9.52. The van der Waals surface area contributed by atoms with Crippen LogP contribution in [0, 0.1) is 11.8 Å². The Morgan fingerprint density at radius 2 is 2.00 bits per heavy atom. The van der Waals surface area contributed by atoms with Crippen molar-refractivity contribution in [2.24, 2.45) is 11.8 Å². The minimum atomic E-state index is -0.819. The van der Waals surface area contributed by atoms with E-state index in [1.54, 1.807) is 25.1 Å². The van der Waals surface area contributed by atoms with E-state index in [4.69, 9.17) is 9.47 Å². The summed E-state index contributed by atoms with van der Waals surface area (Å²) in [6, 6.07) is 7.08. The van der Waals surface area contributed by atoms with Crippen LogP contribution in [0.3, 0.4) is 0 Å². The highest BCUT2D eigenvalue weighted by atomic mass is 16.5. The van der Waals surface area contributed by atoms with Gasteiger partial charge in [-0.3, -0.25) is 9.59 Å². The van der Waals surface area contributed by atoms with Crippen molar-refractivity contribution in [3.8, 4) is 5.75 Å². The van der Waals surface area contributed by atoms with Gasteiger partial charge in [0.05, 0.1) is 18.7 Å². The van der Waals surface area contributed by atoms with E-state index < -0.39 is 6.10 Å². The number of carbonyl (C=O) groups is 2. The van der Waals surface area contributed by atoms with Crippen LogP contribution in [0.2, 0.25) is 0 Å². The van der Waals surface area contributed by atoms with Gasteiger partial charge < -0.3 is 14.8 Å². The van der Waals surface area contributed by atoms with Gasteiger partial charge in [-0.15, -0.1) is 0 Å². The fourth-order valence-corrected chi connectivity index (χ4v) is 1.95. The van der Waals surface area contributed by atoms with Crippen LogP contribution in [0.15, 0.2) is 24.3 Å². The van der Waals surface area contributed by atoms with Crippen LogP contribution in [0.4, 0.5) is 5.69 Å². The van der Waals surface area contributed by atoms with Crippen LogP contribution < -0.4 is 10.1 Å². The Kier molecular flexibility index (Phi) is 4.27. The Hall–Kier alpha value is -2.04.